The first-order valence-corrected chi connectivity index (χ1v) is 15.6. The highest BCUT2D eigenvalue weighted by Gasteiger charge is 2.48. The van der Waals surface area contributed by atoms with Crippen molar-refractivity contribution in [3.8, 4) is 0 Å². The molecule has 1 unspecified atom stereocenters. The van der Waals surface area contributed by atoms with Crippen molar-refractivity contribution in [3.05, 3.63) is 29.3 Å². The van der Waals surface area contributed by atoms with E-state index in [1.807, 2.05) is 13.0 Å². The Labute approximate surface area is 221 Å². The number of aliphatic imine (C=N–C) groups is 1. The number of sulfonamides is 1. The van der Waals surface area contributed by atoms with E-state index >= 15 is 0 Å². The molecule has 1 spiro atoms. The van der Waals surface area contributed by atoms with Crippen molar-refractivity contribution >= 4 is 27.5 Å². The number of ether oxygens (including phenoxy) is 1. The molecule has 204 valence electrons. The molecule has 1 amide bonds. The van der Waals surface area contributed by atoms with Crippen molar-refractivity contribution < 1.29 is 17.9 Å². The molecule has 8 nitrogen and oxygen atoms in total. The number of carbonyl (C=O) groups excluding carboxylic acids is 1. The molecule has 1 saturated carbocycles. The largest absolute Gasteiger partial charge is 0.359 e. The summed E-state index contributed by atoms with van der Waals surface area (Å²) in [6.45, 7) is 8.45. The van der Waals surface area contributed by atoms with Gasteiger partial charge in [0.15, 0.2) is 0 Å². The van der Waals surface area contributed by atoms with Crippen molar-refractivity contribution in [1.82, 2.24) is 9.62 Å². The first kappa shape index (κ1) is 26.6. The van der Waals surface area contributed by atoms with Gasteiger partial charge >= 0.3 is 0 Å². The molecule has 4 aliphatic rings. The van der Waals surface area contributed by atoms with Gasteiger partial charge in [-0.05, 0) is 88.0 Å². The number of amides is 1. The zero-order chi connectivity index (χ0) is 26.2. The molecule has 3 aliphatic heterocycles. The number of amidine groups is 1. The van der Waals surface area contributed by atoms with Crippen LogP contribution in [0.1, 0.15) is 69.9 Å². The summed E-state index contributed by atoms with van der Waals surface area (Å²) >= 11 is 0. The summed E-state index contributed by atoms with van der Waals surface area (Å²) in [5.41, 5.74) is 2.48. The molecule has 0 aromatic heterocycles. The van der Waals surface area contributed by atoms with Crippen LogP contribution in [0.5, 0.6) is 0 Å². The van der Waals surface area contributed by atoms with Crippen LogP contribution in [0.4, 0.5) is 5.69 Å². The predicted molar refractivity (Wildman–Crippen MR) is 146 cm³/mol. The number of aryl methyl sites for hydroxylation is 2. The second kappa shape index (κ2) is 10.7. The lowest BCUT2D eigenvalue weighted by atomic mass is 9.80. The first-order chi connectivity index (χ1) is 17.7. The van der Waals surface area contributed by atoms with Crippen LogP contribution in [0.2, 0.25) is 0 Å². The zero-order valence-electron chi connectivity index (χ0n) is 22.5. The molecule has 1 aromatic carbocycles. The molecular weight excluding hydrogens is 488 g/mol. The van der Waals surface area contributed by atoms with Gasteiger partial charge in [0.05, 0.1) is 18.4 Å². The van der Waals surface area contributed by atoms with E-state index < -0.39 is 15.6 Å². The average molecular weight is 531 g/mol. The second-order valence-electron chi connectivity index (χ2n) is 11.5. The number of benzene rings is 1. The van der Waals surface area contributed by atoms with Crippen molar-refractivity contribution in [2.45, 2.75) is 83.7 Å². The monoisotopic (exact) mass is 530 g/mol. The van der Waals surface area contributed by atoms with Gasteiger partial charge in [-0.1, -0.05) is 19.4 Å². The molecule has 1 aromatic rings. The highest BCUT2D eigenvalue weighted by Crippen LogP contribution is 2.36. The maximum atomic E-state index is 13.2. The second-order valence-corrected chi connectivity index (χ2v) is 13.6. The maximum absolute atomic E-state index is 13.2. The Hall–Kier alpha value is -1.97. The number of hydrogen-bond donors (Lipinski definition) is 1. The van der Waals surface area contributed by atoms with Crippen LogP contribution < -0.4 is 10.2 Å². The number of nitrogens with one attached hydrogen (secondary N) is 1. The Morgan fingerprint density at radius 2 is 1.89 bits per heavy atom. The predicted octanol–water partition coefficient (Wildman–Crippen LogP) is 3.63. The van der Waals surface area contributed by atoms with E-state index in [0.29, 0.717) is 51.0 Å². The van der Waals surface area contributed by atoms with Crippen molar-refractivity contribution in [1.29, 1.82) is 0 Å². The van der Waals surface area contributed by atoms with Gasteiger partial charge in [-0.25, -0.2) is 12.7 Å². The summed E-state index contributed by atoms with van der Waals surface area (Å²) in [6, 6.07) is 6.57. The highest BCUT2D eigenvalue weighted by atomic mass is 32.2. The van der Waals surface area contributed by atoms with Gasteiger partial charge < -0.3 is 15.0 Å². The fourth-order valence-corrected chi connectivity index (χ4v) is 7.90. The quantitative estimate of drug-likeness (QED) is 0.581. The van der Waals surface area contributed by atoms with E-state index in [1.54, 1.807) is 4.31 Å². The molecule has 2 saturated heterocycles. The number of nitrogens with zero attached hydrogens (tertiary/aromatic N) is 3. The van der Waals surface area contributed by atoms with Gasteiger partial charge in [-0.3, -0.25) is 9.79 Å². The smallest absolute Gasteiger partial charge is 0.253 e. The van der Waals surface area contributed by atoms with Gasteiger partial charge in [0.2, 0.25) is 10.0 Å². The minimum Gasteiger partial charge on any atom is -0.359 e. The SMILES string of the molecule is CCC1CCC(C2=NC3(CCN(S(=O)(=O)CCc4ccc(N5COCC5C)cc4C)CC3)C(=O)N2)CC1. The molecule has 37 heavy (non-hydrogen) atoms. The lowest BCUT2D eigenvalue weighted by molar-refractivity contribution is -0.125. The van der Waals surface area contributed by atoms with Gasteiger partial charge in [0.1, 0.15) is 18.1 Å². The Kier molecular flexibility index (Phi) is 7.67. The molecule has 1 atom stereocenters. The molecule has 0 bridgehead atoms. The highest BCUT2D eigenvalue weighted by molar-refractivity contribution is 7.89. The number of carbonyl (C=O) groups is 1. The number of anilines is 1. The first-order valence-electron chi connectivity index (χ1n) is 14.0. The Balaban J connectivity index is 1.17. The summed E-state index contributed by atoms with van der Waals surface area (Å²) in [5.74, 6) is 2.02. The average Bonchev–Trinajstić information content (AvgIpc) is 3.46. The number of piperidine rings is 1. The number of rotatable bonds is 7. The minimum absolute atomic E-state index is 0.0365. The molecular formula is C28H42N4O4S. The lowest BCUT2D eigenvalue weighted by Crippen LogP contribution is -2.51. The third kappa shape index (κ3) is 5.45. The maximum Gasteiger partial charge on any atom is 0.253 e. The molecule has 0 radical (unpaired) electrons. The van der Waals surface area contributed by atoms with Crippen LogP contribution in [0.3, 0.4) is 0 Å². The van der Waals surface area contributed by atoms with Crippen molar-refractivity contribution in [2.75, 3.05) is 37.1 Å². The molecule has 1 aliphatic carbocycles. The lowest BCUT2D eigenvalue weighted by Gasteiger charge is -2.34. The van der Waals surface area contributed by atoms with Gasteiger partial charge in [-0.15, -0.1) is 0 Å². The summed E-state index contributed by atoms with van der Waals surface area (Å²) in [5, 5.41) is 3.08. The molecule has 3 fully saturated rings. The van der Waals surface area contributed by atoms with Crippen molar-refractivity contribution in [3.63, 3.8) is 0 Å². The fourth-order valence-electron chi connectivity index (χ4n) is 6.43. The Morgan fingerprint density at radius 3 is 2.51 bits per heavy atom. The number of hydrogen-bond acceptors (Lipinski definition) is 6. The van der Waals surface area contributed by atoms with Crippen LogP contribution in [0.15, 0.2) is 23.2 Å². The molecule has 3 heterocycles. The summed E-state index contributed by atoms with van der Waals surface area (Å²) in [7, 11) is -3.42. The van der Waals surface area contributed by atoms with Gasteiger partial charge in [0.25, 0.3) is 5.91 Å². The van der Waals surface area contributed by atoms with Crippen LogP contribution in [-0.4, -0.2) is 68.2 Å². The third-order valence-electron chi connectivity index (χ3n) is 9.16. The van der Waals surface area contributed by atoms with Crippen LogP contribution in [0.25, 0.3) is 0 Å². The summed E-state index contributed by atoms with van der Waals surface area (Å²) in [6.07, 6.45) is 7.17. The van der Waals surface area contributed by atoms with Gasteiger partial charge in [0, 0.05) is 24.7 Å². The Bertz CT molecular complexity index is 1130. The van der Waals surface area contributed by atoms with E-state index in [9.17, 15) is 13.2 Å². The third-order valence-corrected chi connectivity index (χ3v) is 11.0. The standard InChI is InChI=1S/C28H42N4O4S/c1-4-22-5-7-24(8-6-22)26-29-27(33)28(30-26)12-14-31(15-13-28)37(34,35)16-11-23-9-10-25(17-20(23)2)32-19-36-18-21(32)3/h9-10,17,21-22,24H,4-8,11-16,18-19H2,1-3H3,(H,29,30,33). The minimum atomic E-state index is -3.42. The van der Waals surface area contributed by atoms with E-state index in [4.69, 9.17) is 9.73 Å². The van der Waals surface area contributed by atoms with Gasteiger partial charge in [-0.2, -0.15) is 0 Å². The molecule has 9 heteroatoms. The summed E-state index contributed by atoms with van der Waals surface area (Å²) < 4.78 is 33.5. The fraction of sp³-hybridized carbons (Fsp3) is 0.714. The van der Waals surface area contributed by atoms with Crippen LogP contribution >= 0.6 is 0 Å². The van der Waals surface area contributed by atoms with E-state index in [0.717, 1.165) is 48.0 Å². The van der Waals surface area contributed by atoms with Crippen LogP contribution in [-0.2, 0) is 26.0 Å². The van der Waals surface area contributed by atoms with E-state index in [-0.39, 0.29) is 11.7 Å². The molecule has 5 rings (SSSR count). The molecule has 1 N–H and O–H groups in total. The van der Waals surface area contributed by atoms with E-state index in [2.05, 4.69) is 36.2 Å². The topological polar surface area (TPSA) is 91.3 Å². The zero-order valence-corrected chi connectivity index (χ0v) is 23.4. The van der Waals surface area contributed by atoms with Crippen molar-refractivity contribution in [2.24, 2.45) is 16.8 Å². The van der Waals surface area contributed by atoms with E-state index in [1.165, 1.54) is 19.3 Å². The summed E-state index contributed by atoms with van der Waals surface area (Å²) in [4.78, 5) is 20.1. The Morgan fingerprint density at radius 1 is 1.16 bits per heavy atom. The van der Waals surface area contributed by atoms with Crippen LogP contribution in [0, 0.1) is 18.8 Å². The normalized spacial score (nSPS) is 28.5.